The Morgan fingerprint density at radius 2 is 2.00 bits per heavy atom. The lowest BCUT2D eigenvalue weighted by Crippen LogP contribution is -2.40. The highest BCUT2D eigenvalue weighted by atomic mass is 16.6. The molecular formula is C17H18N2O6. The smallest absolute Gasteiger partial charge is 0.338 e. The number of aromatic amines is 1. The summed E-state index contributed by atoms with van der Waals surface area (Å²) in [7, 11) is 0. The number of benzene rings is 1. The maximum atomic E-state index is 12.3. The molecule has 1 fully saturated rings. The van der Waals surface area contributed by atoms with Crippen molar-refractivity contribution in [2.75, 3.05) is 0 Å². The number of rotatable bonds is 4. The molecule has 2 heterocycles. The number of aromatic nitrogens is 2. The van der Waals surface area contributed by atoms with E-state index in [1.807, 2.05) is 6.92 Å². The Labute approximate surface area is 142 Å². The molecule has 2 N–H and O–H groups in total. The Bertz CT molecular complexity index is 859. The Balaban J connectivity index is 1.91. The van der Waals surface area contributed by atoms with E-state index in [1.165, 1.54) is 6.20 Å². The number of hydrogen-bond donors (Lipinski definition) is 2. The standard InChI is InChI=1S/C17H18N2O6/c1-2-11-13(21)14(25-16(22)10-6-4-3-5-7-10)15(24-11)19-9-8-12(20)18-17(19)23/h3-9,11,13-15,21H,2H2,1H3,(H,18,20,23)/t11-,13?,14+,15-/m1/s1. The van der Waals surface area contributed by atoms with Gasteiger partial charge in [0.2, 0.25) is 0 Å². The molecule has 1 unspecified atom stereocenters. The average molecular weight is 346 g/mol. The lowest BCUT2D eigenvalue weighted by molar-refractivity contribution is -0.0518. The quantitative estimate of drug-likeness (QED) is 0.777. The van der Waals surface area contributed by atoms with Crippen molar-refractivity contribution in [3.8, 4) is 0 Å². The van der Waals surface area contributed by atoms with Crippen LogP contribution >= 0.6 is 0 Å². The fraction of sp³-hybridized carbons (Fsp3) is 0.353. The van der Waals surface area contributed by atoms with Gasteiger partial charge in [0.25, 0.3) is 5.56 Å². The minimum absolute atomic E-state index is 0.321. The molecule has 8 nitrogen and oxygen atoms in total. The maximum absolute atomic E-state index is 12.3. The number of H-pyrrole nitrogens is 1. The van der Waals surface area contributed by atoms with Crippen LogP contribution in [0.3, 0.4) is 0 Å². The lowest BCUT2D eigenvalue weighted by atomic mass is 10.1. The third-order valence-electron chi connectivity index (χ3n) is 4.09. The molecule has 1 aliphatic heterocycles. The molecule has 132 valence electrons. The fourth-order valence-corrected chi connectivity index (χ4v) is 2.80. The van der Waals surface area contributed by atoms with Crippen LogP contribution in [0.1, 0.15) is 29.9 Å². The molecule has 3 rings (SSSR count). The van der Waals surface area contributed by atoms with Gasteiger partial charge in [-0.3, -0.25) is 14.3 Å². The highest BCUT2D eigenvalue weighted by Gasteiger charge is 2.46. The molecule has 1 aromatic heterocycles. The third-order valence-corrected chi connectivity index (χ3v) is 4.09. The van der Waals surface area contributed by atoms with Crippen LogP contribution in [0.4, 0.5) is 0 Å². The molecule has 25 heavy (non-hydrogen) atoms. The second-order valence-corrected chi connectivity index (χ2v) is 5.72. The van der Waals surface area contributed by atoms with E-state index in [0.29, 0.717) is 12.0 Å². The molecule has 0 saturated carbocycles. The van der Waals surface area contributed by atoms with Crippen LogP contribution in [-0.4, -0.2) is 38.9 Å². The van der Waals surface area contributed by atoms with Crippen molar-refractivity contribution in [1.82, 2.24) is 9.55 Å². The molecule has 0 aliphatic carbocycles. The summed E-state index contributed by atoms with van der Waals surface area (Å²) in [6.45, 7) is 1.81. The van der Waals surface area contributed by atoms with Crippen molar-refractivity contribution >= 4 is 5.97 Å². The number of aliphatic hydroxyl groups is 1. The number of hydrogen-bond acceptors (Lipinski definition) is 6. The summed E-state index contributed by atoms with van der Waals surface area (Å²) in [5, 5.41) is 10.4. The second kappa shape index (κ2) is 7.04. The van der Waals surface area contributed by atoms with Crippen molar-refractivity contribution in [3.05, 3.63) is 69.0 Å². The van der Waals surface area contributed by atoms with Crippen LogP contribution in [-0.2, 0) is 9.47 Å². The number of ether oxygens (including phenoxy) is 2. The topological polar surface area (TPSA) is 111 Å². The van der Waals surface area contributed by atoms with Gasteiger partial charge in [0.05, 0.1) is 11.7 Å². The van der Waals surface area contributed by atoms with Gasteiger partial charge >= 0.3 is 11.7 Å². The van der Waals surface area contributed by atoms with Crippen LogP contribution in [0, 0.1) is 0 Å². The van der Waals surface area contributed by atoms with Gasteiger partial charge < -0.3 is 14.6 Å². The third kappa shape index (κ3) is 3.40. The average Bonchev–Trinajstić information content (AvgIpc) is 2.92. The molecular weight excluding hydrogens is 328 g/mol. The van der Waals surface area contributed by atoms with E-state index >= 15 is 0 Å². The van der Waals surface area contributed by atoms with E-state index in [-0.39, 0.29) is 0 Å². The highest BCUT2D eigenvalue weighted by molar-refractivity contribution is 5.89. The Hall–Kier alpha value is -2.71. The normalized spacial score (nSPS) is 25.7. The van der Waals surface area contributed by atoms with Gasteiger partial charge in [-0.1, -0.05) is 25.1 Å². The molecule has 2 aromatic rings. The van der Waals surface area contributed by atoms with Crippen molar-refractivity contribution in [3.63, 3.8) is 0 Å². The van der Waals surface area contributed by atoms with Crippen LogP contribution in [0.25, 0.3) is 0 Å². The van der Waals surface area contributed by atoms with Gasteiger partial charge in [0.1, 0.15) is 6.10 Å². The molecule has 1 aliphatic rings. The molecule has 0 bridgehead atoms. The fourth-order valence-electron chi connectivity index (χ4n) is 2.80. The van der Waals surface area contributed by atoms with Gasteiger partial charge in [0.15, 0.2) is 12.3 Å². The zero-order valence-corrected chi connectivity index (χ0v) is 13.5. The Kier molecular flexibility index (Phi) is 4.82. The van der Waals surface area contributed by atoms with Crippen LogP contribution < -0.4 is 11.2 Å². The first-order valence-corrected chi connectivity index (χ1v) is 7.92. The van der Waals surface area contributed by atoms with E-state index < -0.39 is 41.8 Å². The van der Waals surface area contributed by atoms with Crippen molar-refractivity contribution < 1.29 is 19.4 Å². The van der Waals surface area contributed by atoms with Gasteiger partial charge in [-0.05, 0) is 18.6 Å². The predicted octanol–water partition coefficient (Wildman–Crippen LogP) is 0.430. The first-order valence-electron chi connectivity index (χ1n) is 7.92. The SMILES string of the molecule is CC[C@H]1O[C@@H](n2ccc(=O)[nH]c2=O)[C@@H](OC(=O)c2ccccc2)C1O. The van der Waals surface area contributed by atoms with E-state index in [9.17, 15) is 19.5 Å². The molecule has 0 amide bonds. The summed E-state index contributed by atoms with van der Waals surface area (Å²) < 4.78 is 12.2. The van der Waals surface area contributed by atoms with Crippen LogP contribution in [0.5, 0.6) is 0 Å². The van der Waals surface area contributed by atoms with Gasteiger partial charge in [-0.2, -0.15) is 0 Å². The molecule has 0 spiro atoms. The first-order chi connectivity index (χ1) is 12.0. The van der Waals surface area contributed by atoms with Gasteiger partial charge in [0, 0.05) is 12.3 Å². The van der Waals surface area contributed by atoms with Crippen LogP contribution in [0.15, 0.2) is 52.2 Å². The highest BCUT2D eigenvalue weighted by Crippen LogP contribution is 2.32. The zero-order chi connectivity index (χ0) is 18.0. The van der Waals surface area contributed by atoms with E-state index in [4.69, 9.17) is 9.47 Å². The Morgan fingerprint density at radius 1 is 1.28 bits per heavy atom. The minimum Gasteiger partial charge on any atom is -0.451 e. The Morgan fingerprint density at radius 3 is 2.64 bits per heavy atom. The summed E-state index contributed by atoms with van der Waals surface area (Å²) in [6, 6.07) is 9.48. The number of nitrogens with one attached hydrogen (secondary N) is 1. The largest absolute Gasteiger partial charge is 0.451 e. The lowest BCUT2D eigenvalue weighted by Gasteiger charge is -2.22. The van der Waals surface area contributed by atoms with E-state index in [1.54, 1.807) is 30.3 Å². The predicted molar refractivity (Wildman–Crippen MR) is 87.2 cm³/mol. The monoisotopic (exact) mass is 346 g/mol. The van der Waals surface area contributed by atoms with Crippen molar-refractivity contribution in [2.45, 2.75) is 37.9 Å². The van der Waals surface area contributed by atoms with Gasteiger partial charge in [-0.25, -0.2) is 9.59 Å². The number of aliphatic hydroxyl groups excluding tert-OH is 1. The molecule has 8 heteroatoms. The number of carbonyl (C=O) groups is 1. The summed E-state index contributed by atoms with van der Waals surface area (Å²) in [5.41, 5.74) is -0.936. The zero-order valence-electron chi connectivity index (χ0n) is 13.5. The van der Waals surface area contributed by atoms with E-state index in [0.717, 1.165) is 10.6 Å². The first kappa shape index (κ1) is 17.1. The summed E-state index contributed by atoms with van der Waals surface area (Å²) in [4.78, 5) is 37.7. The summed E-state index contributed by atoms with van der Waals surface area (Å²) in [5.74, 6) is -0.632. The van der Waals surface area contributed by atoms with Gasteiger partial charge in [-0.15, -0.1) is 0 Å². The number of esters is 1. The number of nitrogens with zero attached hydrogens (tertiary/aromatic N) is 1. The second-order valence-electron chi connectivity index (χ2n) is 5.72. The van der Waals surface area contributed by atoms with Crippen molar-refractivity contribution in [2.24, 2.45) is 0 Å². The molecule has 0 radical (unpaired) electrons. The minimum atomic E-state index is -1.10. The number of carbonyl (C=O) groups excluding carboxylic acids is 1. The summed E-state index contributed by atoms with van der Waals surface area (Å²) in [6.07, 6.45) is -2.09. The van der Waals surface area contributed by atoms with E-state index in [2.05, 4.69) is 4.98 Å². The maximum Gasteiger partial charge on any atom is 0.338 e. The van der Waals surface area contributed by atoms with Crippen molar-refractivity contribution in [1.29, 1.82) is 0 Å². The molecule has 4 atom stereocenters. The molecule has 1 saturated heterocycles. The molecule has 1 aromatic carbocycles. The summed E-state index contributed by atoms with van der Waals surface area (Å²) >= 11 is 0. The van der Waals surface area contributed by atoms with Crippen LogP contribution in [0.2, 0.25) is 0 Å².